The smallest absolute Gasteiger partial charge is 0.275 e. The van der Waals surface area contributed by atoms with Gasteiger partial charge in [-0.3, -0.25) is 24.2 Å². The molecular formula is C28H22ClF4N7O2. The molecule has 1 saturated heterocycles. The van der Waals surface area contributed by atoms with Crippen molar-refractivity contribution in [3.05, 3.63) is 82.2 Å². The number of pyridine rings is 1. The third-order valence-corrected chi connectivity index (χ3v) is 7.95. The van der Waals surface area contributed by atoms with Gasteiger partial charge in [-0.1, -0.05) is 17.7 Å². The number of fused-ring (bicyclic) bond motifs is 1. The van der Waals surface area contributed by atoms with E-state index in [0.717, 1.165) is 30.9 Å². The zero-order chi connectivity index (χ0) is 29.9. The van der Waals surface area contributed by atoms with Crippen LogP contribution in [0.2, 0.25) is 5.02 Å². The van der Waals surface area contributed by atoms with E-state index in [0.29, 0.717) is 17.7 Å². The second-order valence-corrected chi connectivity index (χ2v) is 10.7. The Morgan fingerprint density at radius 1 is 1.12 bits per heavy atom. The van der Waals surface area contributed by atoms with Crippen molar-refractivity contribution in [3.63, 3.8) is 0 Å². The van der Waals surface area contributed by atoms with Crippen LogP contribution in [-0.4, -0.2) is 43.1 Å². The number of alkyl halides is 2. The summed E-state index contributed by atoms with van der Waals surface area (Å²) < 4.78 is 58.6. The van der Waals surface area contributed by atoms with Crippen molar-refractivity contribution in [2.24, 2.45) is 11.8 Å². The minimum atomic E-state index is -3.02. The third-order valence-electron chi connectivity index (χ3n) is 7.65. The summed E-state index contributed by atoms with van der Waals surface area (Å²) in [6.45, 7) is 3.85. The van der Waals surface area contributed by atoms with Gasteiger partial charge in [-0.25, -0.2) is 27.5 Å². The highest BCUT2D eigenvalue weighted by atomic mass is 35.5. The van der Waals surface area contributed by atoms with Crippen molar-refractivity contribution < 1.29 is 27.2 Å². The first-order valence-corrected chi connectivity index (χ1v) is 13.3. The Morgan fingerprint density at radius 2 is 1.90 bits per heavy atom. The van der Waals surface area contributed by atoms with Crippen LogP contribution in [0.3, 0.4) is 0 Å². The Kier molecular flexibility index (Phi) is 6.92. The van der Waals surface area contributed by atoms with E-state index in [9.17, 15) is 22.8 Å². The van der Waals surface area contributed by atoms with Gasteiger partial charge in [-0.15, -0.1) is 0 Å². The van der Waals surface area contributed by atoms with Crippen LogP contribution in [0.5, 0.6) is 0 Å². The SMILES string of the molecule is Cc1c(C(C)n2cc(NC(=O)c3cncc(-c4c(C(F)F)ccc(Cl)c4F)n3)cn2)cnc(N2C[C@H]3C[C@H]3C2=O)c1F. The number of benzene rings is 1. The number of nitrogens with one attached hydrogen (secondary N) is 1. The molecule has 216 valence electrons. The maximum Gasteiger partial charge on any atom is 0.275 e. The van der Waals surface area contributed by atoms with E-state index in [2.05, 4.69) is 25.4 Å². The van der Waals surface area contributed by atoms with Gasteiger partial charge < -0.3 is 5.32 Å². The minimum absolute atomic E-state index is 0.0237. The van der Waals surface area contributed by atoms with E-state index in [-0.39, 0.29) is 45.7 Å². The molecule has 1 saturated carbocycles. The van der Waals surface area contributed by atoms with Gasteiger partial charge in [0.1, 0.15) is 5.69 Å². The molecule has 2 aliphatic rings. The van der Waals surface area contributed by atoms with Gasteiger partial charge in [0.25, 0.3) is 12.3 Å². The zero-order valence-electron chi connectivity index (χ0n) is 22.2. The van der Waals surface area contributed by atoms with Gasteiger partial charge in [0.15, 0.2) is 17.5 Å². The molecule has 1 aliphatic carbocycles. The van der Waals surface area contributed by atoms with E-state index < -0.39 is 41.1 Å². The molecule has 1 N–H and O–H groups in total. The lowest BCUT2D eigenvalue weighted by molar-refractivity contribution is -0.118. The zero-order valence-corrected chi connectivity index (χ0v) is 22.9. The van der Waals surface area contributed by atoms with Gasteiger partial charge in [0.2, 0.25) is 5.91 Å². The topological polar surface area (TPSA) is 106 Å². The summed E-state index contributed by atoms with van der Waals surface area (Å²) >= 11 is 5.79. The van der Waals surface area contributed by atoms with Crippen LogP contribution in [0.15, 0.2) is 43.1 Å². The molecule has 6 rings (SSSR count). The number of piperidine rings is 1. The number of carbonyl (C=O) groups is 2. The second-order valence-electron chi connectivity index (χ2n) is 10.3. The Morgan fingerprint density at radius 3 is 2.62 bits per heavy atom. The molecule has 4 heterocycles. The molecule has 2 fully saturated rings. The van der Waals surface area contributed by atoms with E-state index in [1.807, 2.05) is 0 Å². The molecule has 9 nitrogen and oxygen atoms in total. The fourth-order valence-corrected chi connectivity index (χ4v) is 5.37. The average molecular weight is 600 g/mol. The third kappa shape index (κ3) is 4.77. The lowest BCUT2D eigenvalue weighted by Gasteiger charge is -2.21. The number of hydrogen-bond donors (Lipinski definition) is 1. The van der Waals surface area contributed by atoms with E-state index in [1.54, 1.807) is 13.8 Å². The Labute approximate surface area is 241 Å². The monoisotopic (exact) mass is 599 g/mol. The summed E-state index contributed by atoms with van der Waals surface area (Å²) in [7, 11) is 0. The molecule has 3 aromatic heterocycles. The van der Waals surface area contributed by atoms with Crippen molar-refractivity contribution in [1.82, 2.24) is 24.7 Å². The Hall–Kier alpha value is -4.39. The highest BCUT2D eigenvalue weighted by Gasteiger charge is 2.53. The highest BCUT2D eigenvalue weighted by Crippen LogP contribution is 2.47. The average Bonchev–Trinajstić information content (AvgIpc) is 3.47. The van der Waals surface area contributed by atoms with Gasteiger partial charge in [-0.2, -0.15) is 5.10 Å². The molecule has 0 bridgehead atoms. The fourth-order valence-electron chi connectivity index (χ4n) is 5.21. The number of amides is 2. The summed E-state index contributed by atoms with van der Waals surface area (Å²) in [4.78, 5) is 38.9. The number of rotatable bonds is 7. The largest absolute Gasteiger partial charge is 0.318 e. The lowest BCUT2D eigenvalue weighted by Crippen LogP contribution is -2.30. The number of anilines is 2. The van der Waals surface area contributed by atoms with Crippen molar-refractivity contribution in [2.45, 2.75) is 32.7 Å². The Balaban J connectivity index is 1.20. The van der Waals surface area contributed by atoms with Crippen molar-refractivity contribution in [3.8, 4) is 11.3 Å². The molecule has 0 spiro atoms. The van der Waals surface area contributed by atoms with Crippen LogP contribution in [0.25, 0.3) is 11.3 Å². The molecule has 14 heteroatoms. The number of halogens is 5. The van der Waals surface area contributed by atoms with Crippen molar-refractivity contribution in [2.75, 3.05) is 16.8 Å². The molecule has 1 aliphatic heterocycles. The Bertz CT molecular complexity index is 1750. The quantitative estimate of drug-likeness (QED) is 0.271. The highest BCUT2D eigenvalue weighted by molar-refractivity contribution is 6.31. The summed E-state index contributed by atoms with van der Waals surface area (Å²) in [6, 6.07) is 1.51. The molecule has 0 radical (unpaired) electrons. The van der Waals surface area contributed by atoms with Gasteiger partial charge in [0.05, 0.1) is 41.0 Å². The first kappa shape index (κ1) is 27.8. The molecule has 42 heavy (non-hydrogen) atoms. The number of nitrogens with zero attached hydrogens (tertiary/aromatic N) is 6. The first-order valence-electron chi connectivity index (χ1n) is 13.0. The molecular weight excluding hydrogens is 578 g/mol. The van der Waals surface area contributed by atoms with Crippen molar-refractivity contribution in [1.29, 1.82) is 0 Å². The predicted octanol–water partition coefficient (Wildman–Crippen LogP) is 5.76. The van der Waals surface area contributed by atoms with Gasteiger partial charge in [0, 0.05) is 41.5 Å². The molecule has 4 aromatic rings. The van der Waals surface area contributed by atoms with Gasteiger partial charge >= 0.3 is 0 Å². The fraction of sp³-hybridized carbons (Fsp3) is 0.286. The van der Waals surface area contributed by atoms with Crippen molar-refractivity contribution >= 4 is 34.9 Å². The van der Waals surface area contributed by atoms with Crippen LogP contribution >= 0.6 is 11.6 Å². The summed E-state index contributed by atoms with van der Waals surface area (Å²) in [5.41, 5.74) is -0.628. The summed E-state index contributed by atoms with van der Waals surface area (Å²) in [5, 5.41) is 6.46. The van der Waals surface area contributed by atoms with Crippen LogP contribution in [0.1, 0.15) is 53.0 Å². The summed E-state index contributed by atoms with van der Waals surface area (Å²) in [6.07, 6.45) is 4.37. The van der Waals surface area contributed by atoms with E-state index in [1.165, 1.54) is 28.2 Å². The lowest BCUT2D eigenvalue weighted by atomic mass is 10.0. The number of hydrogen-bond acceptors (Lipinski definition) is 6. The molecule has 3 atom stereocenters. The van der Waals surface area contributed by atoms with Gasteiger partial charge in [-0.05, 0) is 37.8 Å². The van der Waals surface area contributed by atoms with Crippen LogP contribution in [-0.2, 0) is 4.79 Å². The van der Waals surface area contributed by atoms with E-state index in [4.69, 9.17) is 11.6 Å². The number of carbonyl (C=O) groups excluding carboxylic acids is 2. The number of aromatic nitrogens is 5. The van der Waals surface area contributed by atoms with Crippen LogP contribution in [0, 0.1) is 30.4 Å². The minimum Gasteiger partial charge on any atom is -0.318 e. The predicted molar refractivity (Wildman–Crippen MR) is 144 cm³/mol. The maximum absolute atomic E-state index is 15.3. The summed E-state index contributed by atoms with van der Waals surface area (Å²) in [5.74, 6) is -2.24. The maximum atomic E-state index is 15.3. The molecule has 1 unspecified atom stereocenters. The van der Waals surface area contributed by atoms with Crippen LogP contribution in [0.4, 0.5) is 29.1 Å². The second kappa shape index (κ2) is 10.5. The normalized spacial score (nSPS) is 18.4. The standard InChI is InChI=1S/C28H22ClF4N7O2/c1-12-18(7-35-26(23(12)30)39-10-14-5-17(14)28(39)42)13(2)40-11-15(6-36-40)37-27(41)21-9-34-8-20(38-21)22-16(25(32)33)3-4-19(29)24(22)31/h3-4,6-9,11,13-14,17,25H,5,10H2,1-2H3,(H,37,41)/t13?,14-,17-/m1/s1. The van der Waals surface area contributed by atoms with E-state index >= 15 is 4.39 Å². The van der Waals surface area contributed by atoms with Crippen LogP contribution < -0.4 is 10.2 Å². The molecule has 2 amide bonds. The molecule has 1 aromatic carbocycles. The first-order chi connectivity index (χ1) is 20.0.